The minimum absolute atomic E-state index is 0.0766. The molecule has 0 spiro atoms. The van der Waals surface area contributed by atoms with Crippen LogP contribution in [0.5, 0.6) is 0 Å². The quantitative estimate of drug-likeness (QED) is 0.686. The van der Waals surface area contributed by atoms with Gasteiger partial charge in [0.05, 0.1) is 6.67 Å². The zero-order valence-electron chi connectivity index (χ0n) is 10.6. The monoisotopic (exact) mass is 254 g/mol. The topological polar surface area (TPSA) is 0 Å². The summed E-state index contributed by atoms with van der Waals surface area (Å²) in [6.45, 7) is -0.0766. The van der Waals surface area contributed by atoms with Gasteiger partial charge in [-0.25, -0.2) is 0 Å². The van der Waals surface area contributed by atoms with E-state index in [1.807, 2.05) is 0 Å². The van der Waals surface area contributed by atoms with Gasteiger partial charge in [0.1, 0.15) is 0 Å². The summed E-state index contributed by atoms with van der Waals surface area (Å²) in [5.74, 6) is 6.84. The lowest BCUT2D eigenvalue weighted by Gasteiger charge is -2.41. The van der Waals surface area contributed by atoms with Gasteiger partial charge in [0.25, 0.3) is 0 Å². The van der Waals surface area contributed by atoms with Crippen molar-refractivity contribution in [3.8, 4) is 0 Å². The van der Waals surface area contributed by atoms with E-state index < -0.39 is 0 Å². The van der Waals surface area contributed by atoms with E-state index in [-0.39, 0.29) is 6.67 Å². The van der Waals surface area contributed by atoms with Gasteiger partial charge in [0.2, 0.25) is 0 Å². The Morgan fingerprint density at radius 1 is 1.00 bits per heavy atom. The summed E-state index contributed by atoms with van der Waals surface area (Å²) in [6, 6.07) is 0. The zero-order valence-corrected chi connectivity index (χ0v) is 11.5. The van der Waals surface area contributed by atoms with Gasteiger partial charge in [-0.05, 0) is 79.8 Å². The van der Waals surface area contributed by atoms with E-state index in [0.717, 1.165) is 53.1 Å². The lowest BCUT2D eigenvalue weighted by Crippen LogP contribution is -2.36. The number of alkyl halides is 1. The molecule has 4 aliphatic carbocycles. The van der Waals surface area contributed by atoms with Crippen molar-refractivity contribution >= 4 is 11.8 Å². The highest BCUT2D eigenvalue weighted by Gasteiger charge is 2.64. The predicted molar refractivity (Wildman–Crippen MR) is 70.8 cm³/mol. The van der Waals surface area contributed by atoms with Crippen molar-refractivity contribution in [3.63, 3.8) is 0 Å². The number of rotatable bonds is 3. The number of thioether (sulfide) groups is 1. The third kappa shape index (κ3) is 1.37. The second-order valence-electron chi connectivity index (χ2n) is 6.96. The van der Waals surface area contributed by atoms with E-state index in [1.54, 1.807) is 0 Å². The van der Waals surface area contributed by atoms with Crippen LogP contribution in [0.4, 0.5) is 4.39 Å². The molecular formula is C15H23FS. The molecular weight excluding hydrogens is 231 g/mol. The van der Waals surface area contributed by atoms with Crippen LogP contribution in [0, 0.1) is 41.4 Å². The van der Waals surface area contributed by atoms with E-state index in [1.165, 1.54) is 25.7 Å². The van der Waals surface area contributed by atoms with Crippen molar-refractivity contribution in [2.75, 3.05) is 12.9 Å². The predicted octanol–water partition coefficient (Wildman–Crippen LogP) is 4.01. The second kappa shape index (κ2) is 3.88. The highest BCUT2D eigenvalue weighted by molar-refractivity contribution is 7.99. The summed E-state index contributed by atoms with van der Waals surface area (Å²) >= 11 is 2.12. The molecule has 0 amide bonds. The normalized spacial score (nSPS) is 58.9. The maximum absolute atomic E-state index is 12.6. The molecule has 8 atom stereocenters. The Labute approximate surface area is 108 Å². The van der Waals surface area contributed by atoms with Crippen LogP contribution in [0.25, 0.3) is 0 Å². The van der Waals surface area contributed by atoms with Gasteiger partial charge in [0.15, 0.2) is 0 Å². The highest BCUT2D eigenvalue weighted by atomic mass is 32.2. The van der Waals surface area contributed by atoms with Crippen LogP contribution in [0.1, 0.15) is 32.1 Å². The number of halogens is 1. The van der Waals surface area contributed by atoms with Crippen molar-refractivity contribution in [1.82, 2.24) is 0 Å². The van der Waals surface area contributed by atoms with Crippen LogP contribution >= 0.6 is 11.8 Å². The molecule has 0 aromatic heterocycles. The van der Waals surface area contributed by atoms with Crippen molar-refractivity contribution in [2.24, 2.45) is 41.4 Å². The van der Waals surface area contributed by atoms with Crippen molar-refractivity contribution in [2.45, 2.75) is 37.4 Å². The van der Waals surface area contributed by atoms with Gasteiger partial charge < -0.3 is 0 Å². The van der Waals surface area contributed by atoms with E-state index >= 15 is 0 Å². The average molecular weight is 254 g/mol. The zero-order chi connectivity index (χ0) is 11.6. The van der Waals surface area contributed by atoms with Crippen LogP contribution in [0.3, 0.4) is 0 Å². The molecule has 4 rings (SSSR count). The second-order valence-corrected chi connectivity index (χ2v) is 8.03. The third-order valence-electron chi connectivity index (χ3n) is 6.68. The first-order valence-corrected chi connectivity index (χ1v) is 8.71. The molecule has 17 heavy (non-hydrogen) atoms. The molecule has 4 fully saturated rings. The van der Waals surface area contributed by atoms with Gasteiger partial charge in [-0.3, -0.25) is 4.39 Å². The molecule has 4 saturated carbocycles. The summed E-state index contributed by atoms with van der Waals surface area (Å²) in [5.41, 5.74) is 0. The average Bonchev–Trinajstić information content (AvgIpc) is 3.05. The minimum atomic E-state index is -0.0766. The molecule has 8 unspecified atom stereocenters. The van der Waals surface area contributed by atoms with E-state index in [9.17, 15) is 4.39 Å². The summed E-state index contributed by atoms with van der Waals surface area (Å²) < 4.78 is 12.6. The maximum atomic E-state index is 12.6. The fourth-order valence-corrected chi connectivity index (χ4v) is 7.50. The molecule has 4 aliphatic rings. The fraction of sp³-hybridized carbons (Fsp3) is 1.00. The standard InChI is InChI=1S/C15H23FS/c1-17-13-7-10-6-12(13)15-9-4-8(2-3-16)11(5-9)14(10)15/h8-15H,2-7H2,1H3. The van der Waals surface area contributed by atoms with Crippen molar-refractivity contribution < 1.29 is 4.39 Å². The van der Waals surface area contributed by atoms with Gasteiger partial charge >= 0.3 is 0 Å². The fourth-order valence-electron chi connectivity index (χ4n) is 6.42. The SMILES string of the molecule is CSC1CC2CC1C1C3CC(CCF)C(C3)C21. The van der Waals surface area contributed by atoms with Crippen molar-refractivity contribution in [3.05, 3.63) is 0 Å². The van der Waals surface area contributed by atoms with E-state index in [0.29, 0.717) is 0 Å². The van der Waals surface area contributed by atoms with Crippen LogP contribution in [0.15, 0.2) is 0 Å². The number of fused-ring (bicyclic) bond motifs is 9. The lowest BCUT2D eigenvalue weighted by molar-refractivity contribution is 0.100. The van der Waals surface area contributed by atoms with Gasteiger partial charge in [0, 0.05) is 5.25 Å². The molecule has 0 saturated heterocycles. The molecule has 0 heterocycles. The molecule has 0 nitrogen and oxygen atoms in total. The third-order valence-corrected chi connectivity index (χ3v) is 7.83. The molecule has 0 aliphatic heterocycles. The Balaban J connectivity index is 1.57. The molecule has 0 aromatic carbocycles. The van der Waals surface area contributed by atoms with E-state index in [2.05, 4.69) is 18.0 Å². The lowest BCUT2D eigenvalue weighted by atomic mass is 9.67. The number of hydrogen-bond acceptors (Lipinski definition) is 1. The van der Waals surface area contributed by atoms with Crippen LogP contribution in [0.2, 0.25) is 0 Å². The smallest absolute Gasteiger partial charge is 0.0897 e. The first-order chi connectivity index (χ1) is 8.33. The Hall–Kier alpha value is 0.280. The molecule has 0 radical (unpaired) electrons. The summed E-state index contributed by atoms with van der Waals surface area (Å²) in [4.78, 5) is 0. The Bertz CT molecular complexity index is 316. The summed E-state index contributed by atoms with van der Waals surface area (Å²) in [7, 11) is 0. The van der Waals surface area contributed by atoms with Crippen LogP contribution in [-0.2, 0) is 0 Å². The Morgan fingerprint density at radius 3 is 2.47 bits per heavy atom. The molecule has 0 N–H and O–H groups in total. The largest absolute Gasteiger partial charge is 0.251 e. The summed E-state index contributed by atoms with van der Waals surface area (Å²) in [6.07, 6.45) is 9.02. The molecule has 2 heteroatoms. The number of hydrogen-bond donors (Lipinski definition) is 0. The molecule has 4 bridgehead atoms. The van der Waals surface area contributed by atoms with Crippen LogP contribution < -0.4 is 0 Å². The van der Waals surface area contributed by atoms with Crippen LogP contribution in [-0.4, -0.2) is 18.2 Å². The first kappa shape index (κ1) is 11.1. The molecule has 96 valence electrons. The van der Waals surface area contributed by atoms with Gasteiger partial charge in [-0.15, -0.1) is 0 Å². The summed E-state index contributed by atoms with van der Waals surface area (Å²) in [5, 5.41) is 0.972. The minimum Gasteiger partial charge on any atom is -0.251 e. The molecule has 0 aromatic rings. The van der Waals surface area contributed by atoms with Gasteiger partial charge in [-0.1, -0.05) is 0 Å². The Morgan fingerprint density at radius 2 is 1.71 bits per heavy atom. The van der Waals surface area contributed by atoms with Gasteiger partial charge in [-0.2, -0.15) is 11.8 Å². The van der Waals surface area contributed by atoms with Crippen molar-refractivity contribution in [1.29, 1.82) is 0 Å². The van der Waals surface area contributed by atoms with E-state index in [4.69, 9.17) is 0 Å². The first-order valence-electron chi connectivity index (χ1n) is 7.42. The Kier molecular flexibility index (Phi) is 2.54. The maximum Gasteiger partial charge on any atom is 0.0897 e. The highest BCUT2D eigenvalue weighted by Crippen LogP contribution is 2.70.